The summed E-state index contributed by atoms with van der Waals surface area (Å²) in [5.41, 5.74) is 6.50. The SMILES string of the molecule is CN(Cc1ccsc1)C(=O)CN1CCNCC1C(N)=O. The van der Waals surface area contributed by atoms with Crippen LogP contribution in [0.1, 0.15) is 5.56 Å². The summed E-state index contributed by atoms with van der Waals surface area (Å²) in [6.07, 6.45) is 0. The molecule has 0 radical (unpaired) electrons. The molecule has 0 spiro atoms. The zero-order valence-corrected chi connectivity index (χ0v) is 12.4. The first-order chi connectivity index (χ1) is 9.58. The molecule has 0 aliphatic carbocycles. The molecule has 3 N–H and O–H groups in total. The van der Waals surface area contributed by atoms with Gasteiger partial charge in [0.05, 0.1) is 6.54 Å². The highest BCUT2D eigenvalue weighted by atomic mass is 32.1. The van der Waals surface area contributed by atoms with E-state index in [1.807, 2.05) is 21.7 Å². The fraction of sp³-hybridized carbons (Fsp3) is 0.538. The Labute approximate surface area is 122 Å². The number of nitrogens with one attached hydrogen (secondary N) is 1. The second kappa shape index (κ2) is 6.83. The third-order valence-corrected chi connectivity index (χ3v) is 4.18. The van der Waals surface area contributed by atoms with Crippen LogP contribution in [0.4, 0.5) is 0 Å². The number of primary amides is 1. The van der Waals surface area contributed by atoms with Crippen molar-refractivity contribution in [2.45, 2.75) is 12.6 Å². The largest absolute Gasteiger partial charge is 0.368 e. The van der Waals surface area contributed by atoms with E-state index in [4.69, 9.17) is 5.73 Å². The van der Waals surface area contributed by atoms with Gasteiger partial charge in [-0.25, -0.2) is 0 Å². The lowest BCUT2D eigenvalue weighted by atomic mass is 10.2. The van der Waals surface area contributed by atoms with E-state index in [2.05, 4.69) is 5.32 Å². The number of nitrogens with two attached hydrogens (primary N) is 1. The molecule has 1 aromatic heterocycles. The van der Waals surface area contributed by atoms with Crippen molar-refractivity contribution >= 4 is 23.2 Å². The van der Waals surface area contributed by atoms with E-state index in [-0.39, 0.29) is 18.4 Å². The first-order valence-corrected chi connectivity index (χ1v) is 7.51. The third-order valence-electron chi connectivity index (χ3n) is 3.45. The molecule has 2 heterocycles. The van der Waals surface area contributed by atoms with Gasteiger partial charge in [0.2, 0.25) is 11.8 Å². The Balaban J connectivity index is 1.90. The molecule has 1 fully saturated rings. The standard InChI is InChI=1S/C13H20N4O2S/c1-16(7-10-2-5-20-9-10)12(18)8-17-4-3-15-6-11(17)13(14)19/h2,5,9,11,15H,3-4,6-8H2,1H3,(H2,14,19). The maximum atomic E-state index is 12.2. The van der Waals surface area contributed by atoms with Crippen LogP contribution < -0.4 is 11.1 Å². The van der Waals surface area contributed by atoms with E-state index in [9.17, 15) is 9.59 Å². The van der Waals surface area contributed by atoms with Gasteiger partial charge >= 0.3 is 0 Å². The van der Waals surface area contributed by atoms with Crippen LogP contribution in [0, 0.1) is 0 Å². The summed E-state index contributed by atoms with van der Waals surface area (Å²) in [7, 11) is 1.78. The van der Waals surface area contributed by atoms with Crippen molar-refractivity contribution in [1.29, 1.82) is 0 Å². The van der Waals surface area contributed by atoms with Gasteiger partial charge in [0, 0.05) is 33.2 Å². The second-order valence-electron chi connectivity index (χ2n) is 4.97. The lowest BCUT2D eigenvalue weighted by Crippen LogP contribution is -2.58. The smallest absolute Gasteiger partial charge is 0.236 e. The predicted octanol–water partition coefficient (Wildman–Crippen LogP) is -0.534. The summed E-state index contributed by atoms with van der Waals surface area (Å²) < 4.78 is 0. The highest BCUT2D eigenvalue weighted by Gasteiger charge is 2.28. The van der Waals surface area contributed by atoms with Gasteiger partial charge in [-0.1, -0.05) is 0 Å². The fourth-order valence-electron chi connectivity index (χ4n) is 2.26. The number of thiophene rings is 1. The minimum absolute atomic E-state index is 0.00403. The van der Waals surface area contributed by atoms with Crippen molar-refractivity contribution in [3.63, 3.8) is 0 Å². The molecule has 1 aliphatic rings. The van der Waals surface area contributed by atoms with E-state index in [1.54, 1.807) is 23.3 Å². The molecule has 1 unspecified atom stereocenters. The summed E-state index contributed by atoms with van der Waals surface area (Å²) in [5.74, 6) is -0.380. The van der Waals surface area contributed by atoms with Gasteiger partial charge in [-0.05, 0) is 22.4 Å². The number of carbonyl (C=O) groups excluding carboxylic acids is 2. The number of amides is 2. The van der Waals surface area contributed by atoms with Crippen molar-refractivity contribution in [3.05, 3.63) is 22.4 Å². The number of likely N-dealkylation sites (N-methyl/N-ethyl adjacent to an activating group) is 1. The maximum Gasteiger partial charge on any atom is 0.236 e. The first-order valence-electron chi connectivity index (χ1n) is 6.57. The van der Waals surface area contributed by atoms with Gasteiger partial charge in [0.1, 0.15) is 6.04 Å². The normalized spacial score (nSPS) is 19.8. The molecular weight excluding hydrogens is 276 g/mol. The summed E-state index contributed by atoms with van der Waals surface area (Å²) in [6, 6.07) is 1.60. The topological polar surface area (TPSA) is 78.7 Å². The molecule has 2 rings (SSSR count). The minimum Gasteiger partial charge on any atom is -0.368 e. The molecule has 1 aliphatic heterocycles. The van der Waals surface area contributed by atoms with Crippen molar-refractivity contribution in [2.24, 2.45) is 5.73 Å². The highest BCUT2D eigenvalue weighted by molar-refractivity contribution is 7.07. The van der Waals surface area contributed by atoms with Crippen LogP contribution in [-0.2, 0) is 16.1 Å². The van der Waals surface area contributed by atoms with Crippen LogP contribution in [-0.4, -0.2) is 60.9 Å². The number of hydrogen-bond acceptors (Lipinski definition) is 5. The van der Waals surface area contributed by atoms with Gasteiger partial charge in [-0.3, -0.25) is 14.5 Å². The molecule has 1 atom stereocenters. The highest BCUT2D eigenvalue weighted by Crippen LogP contribution is 2.09. The molecule has 6 nitrogen and oxygen atoms in total. The zero-order valence-electron chi connectivity index (χ0n) is 11.5. The molecule has 1 aromatic rings. The van der Waals surface area contributed by atoms with Crippen molar-refractivity contribution in [3.8, 4) is 0 Å². The molecule has 110 valence electrons. The molecule has 0 bridgehead atoms. The lowest BCUT2D eigenvalue weighted by molar-refractivity contribution is -0.134. The number of rotatable bonds is 5. The zero-order chi connectivity index (χ0) is 14.5. The Morgan fingerprint density at radius 2 is 2.40 bits per heavy atom. The third kappa shape index (κ3) is 3.78. The Kier molecular flexibility index (Phi) is 5.11. The van der Waals surface area contributed by atoms with Crippen molar-refractivity contribution in [2.75, 3.05) is 33.2 Å². The van der Waals surface area contributed by atoms with Gasteiger partial charge in [-0.2, -0.15) is 11.3 Å². The average molecular weight is 296 g/mol. The van der Waals surface area contributed by atoms with Gasteiger partial charge < -0.3 is 16.0 Å². The lowest BCUT2D eigenvalue weighted by Gasteiger charge is -2.34. The van der Waals surface area contributed by atoms with Gasteiger partial charge in [0.15, 0.2) is 0 Å². The van der Waals surface area contributed by atoms with Crippen LogP contribution in [0.15, 0.2) is 16.8 Å². The van der Waals surface area contributed by atoms with E-state index >= 15 is 0 Å². The quantitative estimate of drug-likeness (QED) is 0.765. The van der Waals surface area contributed by atoms with E-state index < -0.39 is 6.04 Å². The Bertz CT molecular complexity index is 463. The summed E-state index contributed by atoms with van der Waals surface area (Å²) in [4.78, 5) is 27.1. The molecule has 0 saturated carbocycles. The van der Waals surface area contributed by atoms with Crippen LogP contribution in [0.3, 0.4) is 0 Å². The van der Waals surface area contributed by atoms with Crippen LogP contribution in [0.5, 0.6) is 0 Å². The summed E-state index contributed by atoms with van der Waals surface area (Å²) in [6.45, 7) is 2.76. The molecule has 1 saturated heterocycles. The van der Waals surface area contributed by atoms with E-state index in [0.717, 1.165) is 12.1 Å². The van der Waals surface area contributed by atoms with E-state index in [1.165, 1.54) is 0 Å². The number of hydrogen-bond donors (Lipinski definition) is 2. The van der Waals surface area contributed by atoms with Gasteiger partial charge in [-0.15, -0.1) is 0 Å². The average Bonchev–Trinajstić information content (AvgIpc) is 2.91. The maximum absolute atomic E-state index is 12.2. The molecule has 20 heavy (non-hydrogen) atoms. The van der Waals surface area contributed by atoms with Crippen LogP contribution in [0.25, 0.3) is 0 Å². The fourth-order valence-corrected chi connectivity index (χ4v) is 2.92. The molecule has 2 amide bonds. The number of nitrogens with zero attached hydrogens (tertiary/aromatic N) is 2. The summed E-state index contributed by atoms with van der Waals surface area (Å²) in [5, 5.41) is 7.14. The summed E-state index contributed by atoms with van der Waals surface area (Å²) >= 11 is 1.62. The Morgan fingerprint density at radius 1 is 1.60 bits per heavy atom. The Hall–Kier alpha value is -1.44. The number of carbonyl (C=O) groups is 2. The predicted molar refractivity (Wildman–Crippen MR) is 78.2 cm³/mol. The second-order valence-corrected chi connectivity index (χ2v) is 5.75. The number of piperazine rings is 1. The molecule has 0 aromatic carbocycles. The molecule has 7 heteroatoms. The molecular formula is C13H20N4O2S. The van der Waals surface area contributed by atoms with Crippen LogP contribution >= 0.6 is 11.3 Å². The van der Waals surface area contributed by atoms with E-state index in [0.29, 0.717) is 19.6 Å². The van der Waals surface area contributed by atoms with Gasteiger partial charge in [0.25, 0.3) is 0 Å². The monoisotopic (exact) mass is 296 g/mol. The van der Waals surface area contributed by atoms with Crippen LogP contribution in [0.2, 0.25) is 0 Å². The van der Waals surface area contributed by atoms with Crippen molar-refractivity contribution < 1.29 is 9.59 Å². The van der Waals surface area contributed by atoms with Crippen molar-refractivity contribution in [1.82, 2.24) is 15.1 Å². The minimum atomic E-state index is -0.401. The first kappa shape index (κ1) is 15.0. The Morgan fingerprint density at radius 3 is 3.05 bits per heavy atom.